The Bertz CT molecular complexity index is 1350. The van der Waals surface area contributed by atoms with E-state index in [0.717, 1.165) is 38.5 Å². The standard InChI is InChI=1S/C71H141N2O6P/c1-6-8-10-12-14-16-18-20-22-24-26-28-30-31-32-33-34-35-36-37-38-39-40-41-43-45-47-49-51-53-55-57-59-61-63-65-71(75)72-69(68-79-80(76,77)78-67-66-73(3,4)5)70(74)64-62-60-58-56-54-52-50-48-46-44-42-29-27-25-23-21-19-17-15-13-11-9-7-2/h33-34,62,64,69-70,74H,6-32,35-61,63,65-68H2,1-5H3,(H-,72,75,76,77)/b34-33-,64-62+. The Hall–Kier alpha value is -1.02. The van der Waals surface area contributed by atoms with Gasteiger partial charge in [-0.1, -0.05) is 346 Å². The number of phosphoric ester groups is 1. The van der Waals surface area contributed by atoms with Crippen molar-refractivity contribution in [2.75, 3.05) is 40.9 Å². The first-order valence-electron chi connectivity index (χ1n) is 35.7. The van der Waals surface area contributed by atoms with Crippen molar-refractivity contribution in [2.45, 2.75) is 386 Å². The number of phosphoric acid groups is 1. The molecule has 0 rings (SSSR count). The SMILES string of the molecule is CCCCCCCCCCCCCCCC/C=C\CCCCCCCCCCCCCCCCCCCC(=O)NC(COP(=O)([O-])OCC[N+](C)(C)C)C(O)/C=C/CCCCCCCCCCCCCCCCCCCCCCC. The number of quaternary nitrogens is 1. The van der Waals surface area contributed by atoms with Gasteiger partial charge in [0.2, 0.25) is 5.91 Å². The topological polar surface area (TPSA) is 108 Å². The van der Waals surface area contributed by atoms with Gasteiger partial charge in [-0.15, -0.1) is 0 Å². The predicted molar refractivity (Wildman–Crippen MR) is 349 cm³/mol. The van der Waals surface area contributed by atoms with E-state index in [1.54, 1.807) is 6.08 Å². The summed E-state index contributed by atoms with van der Waals surface area (Å²) in [6.07, 6.45) is 81.7. The van der Waals surface area contributed by atoms with E-state index in [1.165, 1.54) is 315 Å². The summed E-state index contributed by atoms with van der Waals surface area (Å²) >= 11 is 0. The highest BCUT2D eigenvalue weighted by Crippen LogP contribution is 2.38. The summed E-state index contributed by atoms with van der Waals surface area (Å²) in [7, 11) is 1.28. The Kier molecular flexibility index (Phi) is 61.7. The molecule has 0 heterocycles. The molecule has 0 aliphatic carbocycles. The van der Waals surface area contributed by atoms with E-state index in [-0.39, 0.29) is 19.1 Å². The molecule has 0 bridgehead atoms. The van der Waals surface area contributed by atoms with Crippen molar-refractivity contribution < 1.29 is 32.9 Å². The number of nitrogens with one attached hydrogen (secondary N) is 1. The average molecular weight is 1150 g/mol. The zero-order valence-corrected chi connectivity index (χ0v) is 55.5. The summed E-state index contributed by atoms with van der Waals surface area (Å²) in [5, 5.41) is 14.0. The number of aliphatic hydroxyl groups is 1. The van der Waals surface area contributed by atoms with Gasteiger partial charge in [-0.05, 0) is 44.9 Å². The molecule has 0 saturated carbocycles. The molecule has 0 spiro atoms. The molecule has 3 atom stereocenters. The highest BCUT2D eigenvalue weighted by atomic mass is 31.2. The molecule has 0 saturated heterocycles. The lowest BCUT2D eigenvalue weighted by molar-refractivity contribution is -0.870. The van der Waals surface area contributed by atoms with E-state index in [9.17, 15) is 19.4 Å². The second kappa shape index (κ2) is 62.5. The van der Waals surface area contributed by atoms with Crippen LogP contribution in [-0.4, -0.2) is 68.5 Å². The van der Waals surface area contributed by atoms with Gasteiger partial charge in [0, 0.05) is 6.42 Å². The Morgan fingerprint density at radius 3 is 0.975 bits per heavy atom. The van der Waals surface area contributed by atoms with Crippen LogP contribution in [-0.2, 0) is 18.4 Å². The van der Waals surface area contributed by atoms with Crippen LogP contribution in [0.5, 0.6) is 0 Å². The largest absolute Gasteiger partial charge is 0.756 e. The van der Waals surface area contributed by atoms with Gasteiger partial charge in [0.05, 0.1) is 39.9 Å². The number of allylic oxidation sites excluding steroid dienone is 3. The van der Waals surface area contributed by atoms with E-state index >= 15 is 0 Å². The van der Waals surface area contributed by atoms with Crippen LogP contribution in [0.15, 0.2) is 24.3 Å². The maximum atomic E-state index is 13.0. The van der Waals surface area contributed by atoms with Crippen LogP contribution in [0.2, 0.25) is 0 Å². The summed E-state index contributed by atoms with van der Waals surface area (Å²) in [5.41, 5.74) is 0. The van der Waals surface area contributed by atoms with Crippen molar-refractivity contribution in [1.29, 1.82) is 0 Å². The average Bonchev–Trinajstić information content (AvgIpc) is 3.42. The van der Waals surface area contributed by atoms with Crippen LogP contribution in [0.25, 0.3) is 0 Å². The van der Waals surface area contributed by atoms with Crippen molar-refractivity contribution in [3.05, 3.63) is 24.3 Å². The second-order valence-corrected chi connectivity index (χ2v) is 27.4. The Balaban J connectivity index is 3.99. The minimum Gasteiger partial charge on any atom is -0.756 e. The highest BCUT2D eigenvalue weighted by Gasteiger charge is 2.23. The van der Waals surface area contributed by atoms with Gasteiger partial charge in [0.25, 0.3) is 7.82 Å². The number of hydrogen-bond acceptors (Lipinski definition) is 6. The van der Waals surface area contributed by atoms with Gasteiger partial charge in [0.15, 0.2) is 0 Å². The predicted octanol–water partition coefficient (Wildman–Crippen LogP) is 22.0. The molecule has 2 N–H and O–H groups in total. The third kappa shape index (κ3) is 64.5. The zero-order chi connectivity index (χ0) is 58.4. The molecule has 0 aromatic heterocycles. The smallest absolute Gasteiger partial charge is 0.268 e. The zero-order valence-electron chi connectivity index (χ0n) is 54.6. The highest BCUT2D eigenvalue weighted by molar-refractivity contribution is 7.45. The van der Waals surface area contributed by atoms with Gasteiger partial charge in [0.1, 0.15) is 13.2 Å². The number of nitrogens with zero attached hydrogens (tertiary/aromatic N) is 1. The molecular weight excluding hydrogens is 1010 g/mol. The molecule has 0 aliphatic rings. The molecule has 0 radical (unpaired) electrons. The number of amides is 1. The molecule has 476 valence electrons. The van der Waals surface area contributed by atoms with Crippen molar-refractivity contribution in [3.8, 4) is 0 Å². The van der Waals surface area contributed by atoms with E-state index in [4.69, 9.17) is 9.05 Å². The fourth-order valence-electron chi connectivity index (χ4n) is 11.1. The van der Waals surface area contributed by atoms with Crippen molar-refractivity contribution in [3.63, 3.8) is 0 Å². The number of unbranched alkanes of at least 4 members (excludes halogenated alkanes) is 52. The number of carbonyl (C=O) groups excluding carboxylic acids is 1. The summed E-state index contributed by atoms with van der Waals surface area (Å²) in [6.45, 7) is 4.72. The van der Waals surface area contributed by atoms with Crippen molar-refractivity contribution in [2.24, 2.45) is 0 Å². The maximum absolute atomic E-state index is 13.0. The number of aliphatic hydroxyl groups excluding tert-OH is 1. The third-order valence-corrected chi connectivity index (χ3v) is 17.6. The van der Waals surface area contributed by atoms with Gasteiger partial charge >= 0.3 is 0 Å². The van der Waals surface area contributed by atoms with Crippen LogP contribution >= 0.6 is 7.82 Å². The van der Waals surface area contributed by atoms with Crippen LogP contribution in [0, 0.1) is 0 Å². The van der Waals surface area contributed by atoms with Gasteiger partial charge in [-0.25, -0.2) is 0 Å². The van der Waals surface area contributed by atoms with Crippen LogP contribution in [0.4, 0.5) is 0 Å². The lowest BCUT2D eigenvalue weighted by Crippen LogP contribution is -2.45. The molecule has 9 heteroatoms. The van der Waals surface area contributed by atoms with Crippen molar-refractivity contribution >= 4 is 13.7 Å². The molecule has 3 unspecified atom stereocenters. The summed E-state index contributed by atoms with van der Waals surface area (Å²) in [4.78, 5) is 25.6. The number of carbonyl (C=O) groups is 1. The first kappa shape index (κ1) is 79.0. The number of hydrogen-bond donors (Lipinski definition) is 2. The maximum Gasteiger partial charge on any atom is 0.268 e. The molecule has 8 nitrogen and oxygen atoms in total. The van der Waals surface area contributed by atoms with E-state index in [0.29, 0.717) is 17.4 Å². The molecule has 0 fully saturated rings. The third-order valence-electron chi connectivity index (χ3n) is 16.7. The van der Waals surface area contributed by atoms with Crippen LogP contribution < -0.4 is 10.2 Å². The second-order valence-electron chi connectivity index (χ2n) is 25.9. The molecule has 80 heavy (non-hydrogen) atoms. The van der Waals surface area contributed by atoms with Gasteiger partial charge in [-0.3, -0.25) is 9.36 Å². The van der Waals surface area contributed by atoms with Crippen molar-refractivity contribution in [1.82, 2.24) is 5.32 Å². The first-order chi connectivity index (χ1) is 39.0. The lowest BCUT2D eigenvalue weighted by Gasteiger charge is -2.29. The van der Waals surface area contributed by atoms with Crippen LogP contribution in [0.3, 0.4) is 0 Å². The number of likely N-dealkylation sites (N-methyl/N-ethyl adjacent to an activating group) is 1. The molecule has 0 aromatic rings. The summed E-state index contributed by atoms with van der Waals surface area (Å²) in [6, 6.07) is -0.885. The minimum absolute atomic E-state index is 0.00176. The fourth-order valence-corrected chi connectivity index (χ4v) is 11.8. The molecule has 1 amide bonds. The fraction of sp³-hybridized carbons (Fsp3) is 0.930. The van der Waals surface area contributed by atoms with Gasteiger partial charge < -0.3 is 28.8 Å². The monoisotopic (exact) mass is 1150 g/mol. The van der Waals surface area contributed by atoms with E-state index in [1.807, 2.05) is 27.2 Å². The van der Waals surface area contributed by atoms with Crippen LogP contribution in [0.1, 0.15) is 373 Å². The van der Waals surface area contributed by atoms with E-state index < -0.39 is 20.0 Å². The quantitative estimate of drug-likeness (QED) is 0.0272. The Labute approximate surface area is 500 Å². The van der Waals surface area contributed by atoms with Gasteiger partial charge in [-0.2, -0.15) is 0 Å². The molecule has 0 aliphatic heterocycles. The lowest BCUT2D eigenvalue weighted by atomic mass is 10.0. The number of rotatable bonds is 67. The van der Waals surface area contributed by atoms with E-state index in [2.05, 4.69) is 31.3 Å². The Morgan fingerprint density at radius 2 is 0.688 bits per heavy atom. The first-order valence-corrected chi connectivity index (χ1v) is 37.2. The normalized spacial score (nSPS) is 13.7. The summed E-state index contributed by atoms with van der Waals surface area (Å²) < 4.78 is 23.5. The molecular formula is C71H141N2O6P. The minimum atomic E-state index is -4.60. The Morgan fingerprint density at radius 1 is 0.425 bits per heavy atom. The summed E-state index contributed by atoms with van der Waals surface area (Å²) in [5.74, 6) is -0.189. The molecule has 0 aromatic carbocycles.